The van der Waals surface area contributed by atoms with E-state index in [9.17, 15) is 22.8 Å². The Balaban J connectivity index is 2.31. The first-order valence-electron chi connectivity index (χ1n) is 9.61. The Labute approximate surface area is 178 Å². The molecule has 0 saturated heterocycles. The summed E-state index contributed by atoms with van der Waals surface area (Å²) in [5.74, 6) is -0.322. The van der Waals surface area contributed by atoms with Crippen LogP contribution in [0.25, 0.3) is 0 Å². The number of nitrogens with zero attached hydrogens (tertiary/aromatic N) is 1. The van der Waals surface area contributed by atoms with Crippen molar-refractivity contribution in [2.24, 2.45) is 0 Å². The van der Waals surface area contributed by atoms with Crippen molar-refractivity contribution in [3.63, 3.8) is 0 Å². The van der Waals surface area contributed by atoms with Crippen LogP contribution in [0.1, 0.15) is 35.3 Å². The van der Waals surface area contributed by atoms with Crippen molar-refractivity contribution in [1.29, 1.82) is 0 Å². The molecule has 31 heavy (non-hydrogen) atoms. The second kappa shape index (κ2) is 10.7. The summed E-state index contributed by atoms with van der Waals surface area (Å²) in [7, 11) is 1.47. The molecule has 0 unspecified atom stereocenters. The summed E-state index contributed by atoms with van der Waals surface area (Å²) in [5.41, 5.74) is -0.124. The lowest BCUT2D eigenvalue weighted by molar-refractivity contribution is -0.144. The molecule has 0 aromatic heterocycles. The summed E-state index contributed by atoms with van der Waals surface area (Å²) < 4.78 is 54.0. The third-order valence-electron chi connectivity index (χ3n) is 4.28. The third kappa shape index (κ3) is 6.63. The fourth-order valence-electron chi connectivity index (χ4n) is 2.84. The molecular weight excluding hydrogens is 415 g/mol. The Morgan fingerprint density at radius 2 is 1.65 bits per heavy atom. The predicted molar refractivity (Wildman–Crippen MR) is 107 cm³/mol. The van der Waals surface area contributed by atoms with Gasteiger partial charge in [-0.05, 0) is 49.7 Å². The van der Waals surface area contributed by atoms with Gasteiger partial charge in [-0.1, -0.05) is 12.1 Å². The van der Waals surface area contributed by atoms with Gasteiger partial charge in [0.1, 0.15) is 6.54 Å². The van der Waals surface area contributed by atoms with Crippen molar-refractivity contribution in [2.45, 2.75) is 26.6 Å². The van der Waals surface area contributed by atoms with Gasteiger partial charge in [0.2, 0.25) is 0 Å². The SMILES string of the molecule is CCOC(=O)CN(Cc1ccc(C(F)(F)F)cc1)C(=O)c1ccc(OC)c(OCC)c1. The van der Waals surface area contributed by atoms with Crippen molar-refractivity contribution in [2.75, 3.05) is 26.9 Å². The van der Waals surface area contributed by atoms with Gasteiger partial charge in [0, 0.05) is 12.1 Å². The lowest BCUT2D eigenvalue weighted by Gasteiger charge is -2.23. The zero-order valence-corrected chi connectivity index (χ0v) is 17.5. The first kappa shape index (κ1) is 24.0. The van der Waals surface area contributed by atoms with Crippen LogP contribution in [0.3, 0.4) is 0 Å². The molecule has 168 valence electrons. The van der Waals surface area contributed by atoms with Gasteiger partial charge in [-0.2, -0.15) is 13.2 Å². The van der Waals surface area contributed by atoms with Gasteiger partial charge < -0.3 is 19.1 Å². The van der Waals surface area contributed by atoms with Crippen molar-refractivity contribution in [3.8, 4) is 11.5 Å². The maximum absolute atomic E-state index is 13.1. The van der Waals surface area contributed by atoms with Crippen LogP contribution >= 0.6 is 0 Å². The van der Waals surface area contributed by atoms with Crippen LogP contribution in [0.2, 0.25) is 0 Å². The predicted octanol–water partition coefficient (Wildman–Crippen LogP) is 4.32. The van der Waals surface area contributed by atoms with Gasteiger partial charge in [0.15, 0.2) is 11.5 Å². The van der Waals surface area contributed by atoms with Gasteiger partial charge in [-0.25, -0.2) is 0 Å². The average molecular weight is 439 g/mol. The second-order valence-corrected chi connectivity index (χ2v) is 6.46. The number of esters is 1. The summed E-state index contributed by atoms with van der Waals surface area (Å²) in [6.07, 6.45) is -4.46. The highest BCUT2D eigenvalue weighted by molar-refractivity contribution is 5.96. The summed E-state index contributed by atoms with van der Waals surface area (Å²) in [5, 5.41) is 0. The molecule has 0 atom stereocenters. The molecule has 0 N–H and O–H groups in total. The number of benzene rings is 2. The molecule has 0 fully saturated rings. The number of carbonyl (C=O) groups is 2. The van der Waals surface area contributed by atoms with Gasteiger partial charge in [-0.3, -0.25) is 9.59 Å². The topological polar surface area (TPSA) is 65.1 Å². The maximum Gasteiger partial charge on any atom is 0.416 e. The molecule has 0 aliphatic heterocycles. The monoisotopic (exact) mass is 439 g/mol. The molecule has 2 rings (SSSR count). The van der Waals surface area contributed by atoms with E-state index in [1.165, 1.54) is 36.3 Å². The van der Waals surface area contributed by atoms with E-state index in [0.29, 0.717) is 23.7 Å². The number of hydrogen-bond donors (Lipinski definition) is 0. The number of ether oxygens (including phenoxy) is 3. The van der Waals surface area contributed by atoms with Gasteiger partial charge >= 0.3 is 12.1 Å². The first-order valence-corrected chi connectivity index (χ1v) is 9.61. The Bertz CT molecular complexity index is 897. The van der Waals surface area contributed by atoms with Crippen molar-refractivity contribution in [1.82, 2.24) is 4.90 Å². The molecule has 0 saturated carbocycles. The van der Waals surface area contributed by atoms with Crippen LogP contribution < -0.4 is 9.47 Å². The van der Waals surface area contributed by atoms with Crippen molar-refractivity contribution in [3.05, 3.63) is 59.2 Å². The highest BCUT2D eigenvalue weighted by Crippen LogP contribution is 2.30. The number of halogens is 3. The quantitative estimate of drug-likeness (QED) is 0.545. The van der Waals surface area contributed by atoms with Gasteiger partial charge in [-0.15, -0.1) is 0 Å². The summed E-state index contributed by atoms with van der Waals surface area (Å²) >= 11 is 0. The molecule has 2 aromatic carbocycles. The number of rotatable bonds is 9. The summed E-state index contributed by atoms with van der Waals surface area (Å²) in [6.45, 7) is 3.48. The summed E-state index contributed by atoms with van der Waals surface area (Å²) in [6, 6.07) is 9.00. The smallest absolute Gasteiger partial charge is 0.416 e. The molecular formula is C22H24F3NO5. The number of carbonyl (C=O) groups excluding carboxylic acids is 2. The Morgan fingerprint density at radius 3 is 2.19 bits per heavy atom. The molecule has 0 aliphatic carbocycles. The standard InChI is InChI=1S/C22H24F3NO5/c1-4-30-19-12-16(8-11-18(19)29-3)21(28)26(14-20(27)31-5-2)13-15-6-9-17(10-7-15)22(23,24)25/h6-12H,4-5,13-14H2,1-3H3. The lowest BCUT2D eigenvalue weighted by atomic mass is 10.1. The Hall–Kier alpha value is -3.23. The van der Waals surface area contributed by atoms with Crippen molar-refractivity contribution < 1.29 is 37.0 Å². The first-order chi connectivity index (χ1) is 14.7. The number of methoxy groups -OCH3 is 1. The van der Waals surface area contributed by atoms with E-state index in [4.69, 9.17) is 14.2 Å². The lowest BCUT2D eigenvalue weighted by Crippen LogP contribution is -2.36. The van der Waals surface area contributed by atoms with E-state index < -0.39 is 23.6 Å². The fourth-order valence-corrected chi connectivity index (χ4v) is 2.84. The van der Waals surface area contributed by atoms with E-state index in [1.54, 1.807) is 19.9 Å². The average Bonchev–Trinajstić information content (AvgIpc) is 2.73. The number of amides is 1. The van der Waals surface area contributed by atoms with Crippen LogP contribution in [-0.4, -0.2) is 43.6 Å². The zero-order valence-electron chi connectivity index (χ0n) is 17.5. The van der Waals surface area contributed by atoms with Crippen molar-refractivity contribution >= 4 is 11.9 Å². The normalized spacial score (nSPS) is 11.0. The molecule has 0 radical (unpaired) electrons. The minimum absolute atomic E-state index is 0.0776. The third-order valence-corrected chi connectivity index (χ3v) is 4.28. The van der Waals surface area contributed by atoms with E-state index in [1.807, 2.05) is 0 Å². The van der Waals surface area contributed by atoms with Crippen LogP contribution in [-0.2, 0) is 22.3 Å². The van der Waals surface area contributed by atoms with Crippen LogP contribution in [0.4, 0.5) is 13.2 Å². The van der Waals surface area contributed by atoms with E-state index >= 15 is 0 Å². The number of alkyl halides is 3. The molecule has 0 heterocycles. The molecule has 0 spiro atoms. The molecule has 9 heteroatoms. The minimum Gasteiger partial charge on any atom is -0.493 e. The largest absolute Gasteiger partial charge is 0.493 e. The zero-order chi connectivity index (χ0) is 23.0. The molecule has 1 amide bonds. The van der Waals surface area contributed by atoms with E-state index in [2.05, 4.69) is 0 Å². The van der Waals surface area contributed by atoms with E-state index in [0.717, 1.165) is 12.1 Å². The minimum atomic E-state index is -4.46. The van der Waals surface area contributed by atoms with E-state index in [-0.39, 0.29) is 25.3 Å². The molecule has 0 bridgehead atoms. The second-order valence-electron chi connectivity index (χ2n) is 6.46. The Kier molecular flexibility index (Phi) is 8.30. The highest BCUT2D eigenvalue weighted by atomic mass is 19.4. The fraction of sp³-hybridized carbons (Fsp3) is 0.364. The van der Waals surface area contributed by atoms with Crippen LogP contribution in [0.5, 0.6) is 11.5 Å². The van der Waals surface area contributed by atoms with Gasteiger partial charge in [0.25, 0.3) is 5.91 Å². The number of hydrogen-bond acceptors (Lipinski definition) is 5. The molecule has 2 aromatic rings. The highest BCUT2D eigenvalue weighted by Gasteiger charge is 2.30. The van der Waals surface area contributed by atoms with Crippen LogP contribution in [0, 0.1) is 0 Å². The maximum atomic E-state index is 13.1. The molecule has 6 nitrogen and oxygen atoms in total. The van der Waals surface area contributed by atoms with Gasteiger partial charge in [0.05, 0.1) is 25.9 Å². The Morgan fingerprint density at radius 1 is 0.968 bits per heavy atom. The summed E-state index contributed by atoms with van der Waals surface area (Å²) in [4.78, 5) is 26.3. The van der Waals surface area contributed by atoms with Crippen LogP contribution in [0.15, 0.2) is 42.5 Å². The molecule has 0 aliphatic rings.